The molecule has 0 saturated heterocycles. The van der Waals surface area contributed by atoms with E-state index < -0.39 is 17.7 Å². The number of halogens is 2. The SMILES string of the molecule is CCNC(c1cc(C)sc1C)c1c(F)cccc1F. The van der Waals surface area contributed by atoms with Gasteiger partial charge in [0.05, 0.1) is 6.04 Å². The maximum Gasteiger partial charge on any atom is 0.131 e. The van der Waals surface area contributed by atoms with Gasteiger partial charge in [0.1, 0.15) is 11.6 Å². The van der Waals surface area contributed by atoms with Crippen molar-refractivity contribution in [3.05, 3.63) is 56.8 Å². The first-order valence-corrected chi connectivity index (χ1v) is 7.10. The van der Waals surface area contributed by atoms with E-state index in [4.69, 9.17) is 0 Å². The Hall–Kier alpha value is -1.26. The van der Waals surface area contributed by atoms with Crippen molar-refractivity contribution in [2.45, 2.75) is 26.8 Å². The van der Waals surface area contributed by atoms with Crippen molar-refractivity contribution >= 4 is 11.3 Å². The highest BCUT2D eigenvalue weighted by Crippen LogP contribution is 2.33. The van der Waals surface area contributed by atoms with Crippen LogP contribution in [0.25, 0.3) is 0 Å². The highest BCUT2D eigenvalue weighted by atomic mass is 32.1. The molecule has 1 atom stereocenters. The topological polar surface area (TPSA) is 12.0 Å². The lowest BCUT2D eigenvalue weighted by Gasteiger charge is -2.20. The highest BCUT2D eigenvalue weighted by molar-refractivity contribution is 7.12. The van der Waals surface area contributed by atoms with Crippen molar-refractivity contribution in [2.24, 2.45) is 0 Å². The van der Waals surface area contributed by atoms with Gasteiger partial charge in [0.15, 0.2) is 0 Å². The number of hydrogen-bond acceptors (Lipinski definition) is 2. The van der Waals surface area contributed by atoms with Crippen LogP contribution in [-0.2, 0) is 0 Å². The molecular formula is C15H17F2NS. The summed E-state index contributed by atoms with van der Waals surface area (Å²) in [6.45, 7) is 6.56. The summed E-state index contributed by atoms with van der Waals surface area (Å²) in [5, 5.41) is 3.18. The van der Waals surface area contributed by atoms with Gasteiger partial charge < -0.3 is 5.32 Å². The van der Waals surface area contributed by atoms with Crippen LogP contribution in [0.15, 0.2) is 24.3 Å². The molecule has 0 radical (unpaired) electrons. The second-order valence-electron chi connectivity index (χ2n) is 4.49. The maximum absolute atomic E-state index is 14.0. The number of rotatable bonds is 4. The molecule has 0 aliphatic carbocycles. The van der Waals surface area contributed by atoms with Crippen LogP contribution >= 0.6 is 11.3 Å². The standard InChI is InChI=1S/C15H17F2NS/c1-4-18-15(11-8-9(2)19-10(11)3)14-12(16)6-5-7-13(14)17/h5-8,15,18H,4H2,1-3H3. The highest BCUT2D eigenvalue weighted by Gasteiger charge is 2.23. The molecule has 1 unspecified atom stereocenters. The Morgan fingerprint density at radius 1 is 1.21 bits per heavy atom. The Bertz CT molecular complexity index is 557. The van der Waals surface area contributed by atoms with Crippen molar-refractivity contribution in [3.63, 3.8) is 0 Å². The fourth-order valence-electron chi connectivity index (χ4n) is 2.30. The molecule has 1 heterocycles. The molecule has 1 aromatic carbocycles. The van der Waals surface area contributed by atoms with Gasteiger partial charge in [-0.25, -0.2) is 8.78 Å². The summed E-state index contributed by atoms with van der Waals surface area (Å²) in [5.41, 5.74) is 1.05. The van der Waals surface area contributed by atoms with E-state index in [0.717, 1.165) is 15.3 Å². The average molecular weight is 281 g/mol. The van der Waals surface area contributed by atoms with Crippen LogP contribution in [0, 0.1) is 25.5 Å². The summed E-state index contributed by atoms with van der Waals surface area (Å²) < 4.78 is 27.9. The molecule has 0 saturated carbocycles. The molecule has 0 aliphatic rings. The van der Waals surface area contributed by atoms with E-state index in [1.807, 2.05) is 26.8 Å². The van der Waals surface area contributed by atoms with Gasteiger partial charge in [-0.2, -0.15) is 0 Å². The summed E-state index contributed by atoms with van der Waals surface area (Å²) in [6, 6.07) is 5.56. The van der Waals surface area contributed by atoms with Gasteiger partial charge in [-0.1, -0.05) is 13.0 Å². The van der Waals surface area contributed by atoms with E-state index in [-0.39, 0.29) is 5.56 Å². The lowest BCUT2D eigenvalue weighted by atomic mass is 9.98. The number of nitrogens with one attached hydrogen (secondary N) is 1. The summed E-state index contributed by atoms with van der Waals surface area (Å²) in [7, 11) is 0. The third-order valence-electron chi connectivity index (χ3n) is 3.09. The lowest BCUT2D eigenvalue weighted by Crippen LogP contribution is -2.24. The zero-order valence-corrected chi connectivity index (χ0v) is 12.1. The molecule has 0 spiro atoms. The predicted molar refractivity (Wildman–Crippen MR) is 75.7 cm³/mol. The summed E-state index contributed by atoms with van der Waals surface area (Å²) in [5.74, 6) is -1.01. The van der Waals surface area contributed by atoms with E-state index in [1.165, 1.54) is 18.2 Å². The van der Waals surface area contributed by atoms with Crippen LogP contribution in [0.1, 0.15) is 33.8 Å². The summed E-state index contributed by atoms with van der Waals surface area (Å²) in [4.78, 5) is 2.23. The molecule has 2 aromatic rings. The van der Waals surface area contributed by atoms with Gasteiger partial charge in [0.25, 0.3) is 0 Å². The number of aryl methyl sites for hydroxylation is 2. The molecule has 2 rings (SSSR count). The zero-order chi connectivity index (χ0) is 14.0. The fourth-order valence-corrected chi connectivity index (χ4v) is 3.26. The third kappa shape index (κ3) is 2.85. The fraction of sp³-hybridized carbons (Fsp3) is 0.333. The van der Waals surface area contributed by atoms with Gasteiger partial charge in [-0.3, -0.25) is 0 Å². The molecule has 19 heavy (non-hydrogen) atoms. The van der Waals surface area contributed by atoms with Gasteiger partial charge >= 0.3 is 0 Å². The largest absolute Gasteiger partial charge is 0.306 e. The lowest BCUT2D eigenvalue weighted by molar-refractivity contribution is 0.510. The molecule has 1 nitrogen and oxygen atoms in total. The smallest absolute Gasteiger partial charge is 0.131 e. The van der Waals surface area contributed by atoms with Crippen LogP contribution < -0.4 is 5.32 Å². The molecule has 0 aliphatic heterocycles. The Balaban J connectivity index is 2.54. The summed E-state index contributed by atoms with van der Waals surface area (Å²) in [6.07, 6.45) is 0. The quantitative estimate of drug-likeness (QED) is 0.879. The molecular weight excluding hydrogens is 264 g/mol. The second-order valence-corrected chi connectivity index (χ2v) is 5.96. The summed E-state index contributed by atoms with van der Waals surface area (Å²) >= 11 is 1.64. The average Bonchev–Trinajstić information content (AvgIpc) is 2.67. The van der Waals surface area contributed by atoms with Crippen LogP contribution in [0.5, 0.6) is 0 Å². The Morgan fingerprint density at radius 3 is 2.32 bits per heavy atom. The predicted octanol–water partition coefficient (Wildman–Crippen LogP) is 4.34. The van der Waals surface area contributed by atoms with E-state index in [9.17, 15) is 8.78 Å². The second kappa shape index (κ2) is 5.80. The van der Waals surface area contributed by atoms with Crippen molar-refractivity contribution in [3.8, 4) is 0 Å². The van der Waals surface area contributed by atoms with Crippen LogP contribution in [0.3, 0.4) is 0 Å². The maximum atomic E-state index is 14.0. The van der Waals surface area contributed by atoms with Gasteiger partial charge in [-0.05, 0) is 44.2 Å². The van der Waals surface area contributed by atoms with Crippen LogP contribution in [-0.4, -0.2) is 6.54 Å². The first-order valence-electron chi connectivity index (χ1n) is 6.28. The Kier molecular flexibility index (Phi) is 4.32. The van der Waals surface area contributed by atoms with E-state index in [1.54, 1.807) is 11.3 Å². The number of thiophene rings is 1. The number of hydrogen-bond donors (Lipinski definition) is 1. The van der Waals surface area contributed by atoms with Gasteiger partial charge in [-0.15, -0.1) is 11.3 Å². The molecule has 1 N–H and O–H groups in total. The minimum atomic E-state index is -0.505. The van der Waals surface area contributed by atoms with Gasteiger partial charge in [0, 0.05) is 15.3 Å². The van der Waals surface area contributed by atoms with Crippen molar-refractivity contribution in [1.82, 2.24) is 5.32 Å². The van der Waals surface area contributed by atoms with Crippen LogP contribution in [0.2, 0.25) is 0 Å². The molecule has 1 aromatic heterocycles. The zero-order valence-electron chi connectivity index (χ0n) is 11.3. The van der Waals surface area contributed by atoms with Crippen molar-refractivity contribution in [1.29, 1.82) is 0 Å². The van der Waals surface area contributed by atoms with E-state index in [0.29, 0.717) is 6.54 Å². The first kappa shape index (κ1) is 14.2. The Morgan fingerprint density at radius 2 is 1.84 bits per heavy atom. The third-order valence-corrected chi connectivity index (χ3v) is 4.07. The molecule has 102 valence electrons. The molecule has 0 fully saturated rings. The molecule has 0 amide bonds. The minimum Gasteiger partial charge on any atom is -0.306 e. The molecule has 0 bridgehead atoms. The normalized spacial score (nSPS) is 12.7. The first-order chi connectivity index (χ1) is 9.04. The van der Waals surface area contributed by atoms with E-state index >= 15 is 0 Å². The van der Waals surface area contributed by atoms with Crippen LogP contribution in [0.4, 0.5) is 8.78 Å². The Labute approximate surface area is 116 Å². The van der Waals surface area contributed by atoms with Gasteiger partial charge in [0.2, 0.25) is 0 Å². The number of benzene rings is 1. The van der Waals surface area contributed by atoms with Crippen molar-refractivity contribution < 1.29 is 8.78 Å². The van der Waals surface area contributed by atoms with Crippen molar-refractivity contribution in [2.75, 3.05) is 6.54 Å². The van der Waals surface area contributed by atoms with E-state index in [2.05, 4.69) is 5.32 Å². The minimum absolute atomic E-state index is 0.102. The molecule has 4 heteroatoms. The monoisotopic (exact) mass is 281 g/mol.